The number of nitrogens with zero attached hydrogens (tertiary/aromatic N) is 1. The van der Waals surface area contributed by atoms with Crippen molar-refractivity contribution < 1.29 is 4.39 Å². The quantitative estimate of drug-likeness (QED) is 0.911. The topological polar surface area (TPSA) is 15.3 Å². The number of piperidine rings is 1. The van der Waals surface area contributed by atoms with Crippen molar-refractivity contribution in [3.05, 3.63) is 28.5 Å². The van der Waals surface area contributed by atoms with E-state index in [4.69, 9.17) is 0 Å². The van der Waals surface area contributed by atoms with Gasteiger partial charge in [-0.15, -0.1) is 0 Å². The van der Waals surface area contributed by atoms with Gasteiger partial charge in [-0.2, -0.15) is 0 Å². The fourth-order valence-electron chi connectivity index (χ4n) is 2.40. The van der Waals surface area contributed by atoms with Crippen LogP contribution in [0.1, 0.15) is 26.7 Å². The van der Waals surface area contributed by atoms with Crippen LogP contribution in [0.25, 0.3) is 0 Å². The van der Waals surface area contributed by atoms with Crippen molar-refractivity contribution in [2.24, 2.45) is 0 Å². The second-order valence-corrected chi connectivity index (χ2v) is 6.00. The van der Waals surface area contributed by atoms with Crippen LogP contribution in [0, 0.1) is 5.82 Å². The largest absolute Gasteiger partial charge is 0.379 e. The second-order valence-electron chi connectivity index (χ2n) is 5.14. The van der Waals surface area contributed by atoms with Gasteiger partial charge in [-0.1, -0.05) is 6.07 Å². The first-order valence-electron chi connectivity index (χ1n) is 6.52. The molecule has 1 aliphatic rings. The van der Waals surface area contributed by atoms with Crippen molar-refractivity contribution in [1.29, 1.82) is 0 Å². The van der Waals surface area contributed by atoms with Crippen molar-refractivity contribution >= 4 is 21.6 Å². The molecule has 1 aromatic carbocycles. The highest BCUT2D eigenvalue weighted by Gasteiger charge is 2.21. The third kappa shape index (κ3) is 3.23. The number of para-hydroxylation sites is 1. The van der Waals surface area contributed by atoms with Gasteiger partial charge >= 0.3 is 0 Å². The number of halogens is 2. The molecule has 2 rings (SSSR count). The smallest absolute Gasteiger partial charge is 0.147 e. The molecule has 0 aromatic heterocycles. The molecule has 1 aromatic rings. The Kier molecular flexibility index (Phi) is 4.62. The Morgan fingerprint density at radius 1 is 1.33 bits per heavy atom. The zero-order chi connectivity index (χ0) is 13.1. The highest BCUT2D eigenvalue weighted by Crippen LogP contribution is 2.27. The molecule has 0 saturated carbocycles. The molecular formula is C14H20BrFN2. The molecule has 1 N–H and O–H groups in total. The molecule has 0 unspecified atom stereocenters. The number of rotatable bonds is 3. The van der Waals surface area contributed by atoms with E-state index in [2.05, 4.69) is 40.0 Å². The van der Waals surface area contributed by atoms with E-state index in [0.29, 0.717) is 17.8 Å². The molecule has 0 radical (unpaired) electrons. The molecule has 0 bridgehead atoms. The molecule has 18 heavy (non-hydrogen) atoms. The van der Waals surface area contributed by atoms with Gasteiger partial charge in [-0.05, 0) is 54.8 Å². The summed E-state index contributed by atoms with van der Waals surface area (Å²) in [5, 5.41) is 3.33. The molecule has 1 saturated heterocycles. The van der Waals surface area contributed by atoms with E-state index in [1.54, 1.807) is 6.07 Å². The first-order chi connectivity index (χ1) is 8.58. The van der Waals surface area contributed by atoms with E-state index in [9.17, 15) is 4.39 Å². The first-order valence-corrected chi connectivity index (χ1v) is 7.32. The Balaban J connectivity index is 1.96. The van der Waals surface area contributed by atoms with Crippen LogP contribution in [-0.4, -0.2) is 30.1 Å². The SMILES string of the molecule is CC(C)N1CCC(Nc2c(F)cccc2Br)CC1. The highest BCUT2D eigenvalue weighted by atomic mass is 79.9. The first kappa shape index (κ1) is 13.8. The zero-order valence-electron chi connectivity index (χ0n) is 10.9. The Hall–Kier alpha value is -0.610. The van der Waals surface area contributed by atoms with Gasteiger partial charge in [0.05, 0.1) is 5.69 Å². The second kappa shape index (κ2) is 6.02. The monoisotopic (exact) mass is 314 g/mol. The van der Waals surface area contributed by atoms with Crippen LogP contribution in [0.2, 0.25) is 0 Å². The van der Waals surface area contributed by atoms with Gasteiger partial charge in [0.15, 0.2) is 0 Å². The van der Waals surface area contributed by atoms with E-state index in [0.717, 1.165) is 30.4 Å². The third-order valence-corrected chi connectivity index (χ3v) is 4.23. The summed E-state index contributed by atoms with van der Waals surface area (Å²) in [6, 6.07) is 6.05. The van der Waals surface area contributed by atoms with Gasteiger partial charge in [-0.25, -0.2) is 4.39 Å². The molecule has 4 heteroatoms. The van der Waals surface area contributed by atoms with Crippen LogP contribution in [0.3, 0.4) is 0 Å². The van der Waals surface area contributed by atoms with Crippen molar-refractivity contribution in [2.45, 2.75) is 38.8 Å². The lowest BCUT2D eigenvalue weighted by Gasteiger charge is -2.35. The molecule has 2 nitrogen and oxygen atoms in total. The van der Waals surface area contributed by atoms with Crippen molar-refractivity contribution in [1.82, 2.24) is 4.90 Å². The predicted octanol–water partition coefficient (Wildman–Crippen LogP) is 3.87. The Labute approximate surface area is 117 Å². The summed E-state index contributed by atoms with van der Waals surface area (Å²) >= 11 is 3.40. The minimum atomic E-state index is -0.185. The fraction of sp³-hybridized carbons (Fsp3) is 0.571. The third-order valence-electron chi connectivity index (χ3n) is 3.57. The van der Waals surface area contributed by atoms with Gasteiger partial charge in [0.2, 0.25) is 0 Å². The average molecular weight is 315 g/mol. The van der Waals surface area contributed by atoms with Crippen LogP contribution in [0.15, 0.2) is 22.7 Å². The average Bonchev–Trinajstić information content (AvgIpc) is 2.34. The summed E-state index contributed by atoms with van der Waals surface area (Å²) in [7, 11) is 0. The summed E-state index contributed by atoms with van der Waals surface area (Å²) in [5.41, 5.74) is 0.598. The number of nitrogens with one attached hydrogen (secondary N) is 1. The minimum Gasteiger partial charge on any atom is -0.379 e. The van der Waals surface area contributed by atoms with Crippen molar-refractivity contribution in [3.63, 3.8) is 0 Å². The molecule has 1 aliphatic heterocycles. The molecule has 0 spiro atoms. The minimum absolute atomic E-state index is 0.185. The standard InChI is InChI=1S/C14H20BrFN2/c1-10(2)18-8-6-11(7-9-18)17-14-12(15)4-3-5-13(14)16/h3-5,10-11,17H,6-9H2,1-2H3. The van der Waals surface area contributed by atoms with Crippen LogP contribution < -0.4 is 5.32 Å². The van der Waals surface area contributed by atoms with E-state index in [1.165, 1.54) is 6.07 Å². The summed E-state index contributed by atoms with van der Waals surface area (Å²) < 4.78 is 14.5. The Morgan fingerprint density at radius 3 is 2.56 bits per heavy atom. The van der Waals surface area contributed by atoms with Gasteiger partial charge in [0, 0.05) is 29.6 Å². The lowest BCUT2D eigenvalue weighted by Crippen LogP contribution is -2.42. The van der Waals surface area contributed by atoms with Crippen LogP contribution in [-0.2, 0) is 0 Å². The van der Waals surface area contributed by atoms with Gasteiger partial charge in [0.1, 0.15) is 5.82 Å². The summed E-state index contributed by atoms with van der Waals surface area (Å²) in [6.45, 7) is 6.62. The lowest BCUT2D eigenvalue weighted by atomic mass is 10.0. The maximum absolute atomic E-state index is 13.7. The van der Waals surface area contributed by atoms with Crippen LogP contribution in [0.4, 0.5) is 10.1 Å². The predicted molar refractivity (Wildman–Crippen MR) is 77.5 cm³/mol. The van der Waals surface area contributed by atoms with Gasteiger partial charge in [0.25, 0.3) is 0 Å². The normalized spacial score (nSPS) is 18.3. The molecule has 0 atom stereocenters. The van der Waals surface area contributed by atoms with Gasteiger partial charge in [-0.3, -0.25) is 0 Å². The maximum atomic E-state index is 13.7. The maximum Gasteiger partial charge on any atom is 0.147 e. The van der Waals surface area contributed by atoms with E-state index < -0.39 is 0 Å². The summed E-state index contributed by atoms with van der Waals surface area (Å²) in [4.78, 5) is 2.47. The molecule has 1 fully saturated rings. The van der Waals surface area contributed by atoms with E-state index in [-0.39, 0.29) is 5.82 Å². The number of benzene rings is 1. The molecular weight excluding hydrogens is 295 g/mol. The zero-order valence-corrected chi connectivity index (χ0v) is 12.5. The molecule has 0 amide bonds. The molecule has 0 aliphatic carbocycles. The number of hydrogen-bond acceptors (Lipinski definition) is 2. The van der Waals surface area contributed by atoms with Crippen molar-refractivity contribution in [3.8, 4) is 0 Å². The molecule has 1 heterocycles. The fourth-order valence-corrected chi connectivity index (χ4v) is 2.86. The van der Waals surface area contributed by atoms with E-state index >= 15 is 0 Å². The molecule has 100 valence electrons. The summed E-state index contributed by atoms with van der Waals surface area (Å²) in [5.74, 6) is -0.185. The lowest BCUT2D eigenvalue weighted by molar-refractivity contribution is 0.177. The number of hydrogen-bond donors (Lipinski definition) is 1. The van der Waals surface area contributed by atoms with Crippen LogP contribution in [0.5, 0.6) is 0 Å². The Morgan fingerprint density at radius 2 is 2.00 bits per heavy atom. The van der Waals surface area contributed by atoms with Gasteiger partial charge < -0.3 is 10.2 Å². The Bertz CT molecular complexity index is 381. The highest BCUT2D eigenvalue weighted by molar-refractivity contribution is 9.10. The van der Waals surface area contributed by atoms with E-state index in [1.807, 2.05) is 6.07 Å². The number of likely N-dealkylation sites (tertiary alicyclic amines) is 1. The summed E-state index contributed by atoms with van der Waals surface area (Å²) in [6.07, 6.45) is 2.14. The number of anilines is 1. The van der Waals surface area contributed by atoms with Crippen LogP contribution >= 0.6 is 15.9 Å². The van der Waals surface area contributed by atoms with Crippen molar-refractivity contribution in [2.75, 3.05) is 18.4 Å².